The van der Waals surface area contributed by atoms with E-state index in [-0.39, 0.29) is 22.4 Å². The zero-order valence-corrected chi connectivity index (χ0v) is 15.7. The number of furan rings is 1. The molecule has 0 aliphatic heterocycles. The Kier molecular flexibility index (Phi) is 2.12. The first-order valence-corrected chi connectivity index (χ1v) is 9.43. The normalized spacial score (nSPS) is 17.5. The quantitative estimate of drug-likeness (QED) is 0.274. The lowest BCUT2D eigenvalue weighted by Gasteiger charge is -2.06. The highest BCUT2D eigenvalue weighted by atomic mass is 16.3. The molecule has 0 saturated carbocycles. The molecule has 0 N–H and O–H groups in total. The molecule has 0 fully saturated rings. The summed E-state index contributed by atoms with van der Waals surface area (Å²) in [5.41, 5.74) is 1.66. The van der Waals surface area contributed by atoms with Crippen molar-refractivity contribution in [2.75, 3.05) is 0 Å². The van der Waals surface area contributed by atoms with Gasteiger partial charge in [-0.25, -0.2) is 4.98 Å². The highest BCUT2D eigenvalue weighted by molar-refractivity contribution is 6.15. The van der Waals surface area contributed by atoms with Crippen molar-refractivity contribution in [3.63, 3.8) is 0 Å². The maximum atomic E-state index is 8.04. The van der Waals surface area contributed by atoms with Gasteiger partial charge < -0.3 is 4.42 Å². The number of pyridine rings is 2. The van der Waals surface area contributed by atoms with E-state index in [1.165, 1.54) is 6.07 Å². The first-order chi connectivity index (χ1) is 18.2. The maximum absolute atomic E-state index is 8.04. The molecule has 3 heteroatoms. The van der Waals surface area contributed by atoms with Crippen molar-refractivity contribution < 1.29 is 16.8 Å². The smallest absolute Gasteiger partial charge is 0.227 e. The van der Waals surface area contributed by atoms with Crippen LogP contribution in [0.5, 0.6) is 0 Å². The van der Waals surface area contributed by atoms with E-state index in [1.807, 2.05) is 24.3 Å². The number of hydrogen-bond acceptors (Lipinski definition) is 3. The number of nitrogens with zero attached hydrogens (tertiary/aromatic N) is 2. The Labute approximate surface area is 186 Å². The van der Waals surface area contributed by atoms with E-state index in [2.05, 4.69) is 4.98 Å². The van der Waals surface area contributed by atoms with Crippen LogP contribution in [0.15, 0.2) is 71.3 Å². The van der Waals surface area contributed by atoms with E-state index in [0.29, 0.717) is 49.3 Å². The van der Waals surface area contributed by atoms with Gasteiger partial charge in [-0.3, -0.25) is 4.98 Å². The average molecular weight is 398 g/mol. The Morgan fingerprint density at radius 2 is 1.60 bits per heavy atom. The van der Waals surface area contributed by atoms with Crippen molar-refractivity contribution in [3.8, 4) is 11.3 Å². The summed E-state index contributed by atoms with van der Waals surface area (Å²) >= 11 is 0. The number of aryl methyl sites for hydroxylation is 3. The molecule has 144 valence electrons. The van der Waals surface area contributed by atoms with Gasteiger partial charge in [-0.05, 0) is 66.9 Å². The molecule has 3 aromatic carbocycles. The second-order valence-electron chi connectivity index (χ2n) is 7.28. The molecule has 3 aromatic heterocycles. The summed E-state index contributed by atoms with van der Waals surface area (Å²) < 4.78 is 77.2. The van der Waals surface area contributed by atoms with Gasteiger partial charge in [-0.15, -0.1) is 0 Å². The van der Waals surface area contributed by atoms with Gasteiger partial charge in [0.2, 0.25) is 5.71 Å². The molecular weight excluding hydrogens is 368 g/mol. The van der Waals surface area contributed by atoms with Crippen molar-refractivity contribution in [1.82, 2.24) is 9.97 Å². The minimum atomic E-state index is -2.66. The van der Waals surface area contributed by atoms with Gasteiger partial charge in [0, 0.05) is 45.6 Å². The van der Waals surface area contributed by atoms with Gasteiger partial charge in [-0.2, -0.15) is 0 Å². The SMILES string of the molecule is [2H]C([2H])([2H])c1cnc(-c2cccc3c2oc2nc4c(cc(C([2H])([2H])[2H])c5ccccc54)cc23)cc1C([2H])([2H])[2H]. The summed E-state index contributed by atoms with van der Waals surface area (Å²) in [6, 6.07) is 17.3. The molecule has 0 spiro atoms. The van der Waals surface area contributed by atoms with Crippen LogP contribution in [0.4, 0.5) is 0 Å². The number of hydrogen-bond donors (Lipinski definition) is 0. The summed E-state index contributed by atoms with van der Waals surface area (Å²) in [5, 5.41) is 3.25. The van der Waals surface area contributed by atoms with Crippen LogP contribution in [0.25, 0.3) is 55.0 Å². The minimum Gasteiger partial charge on any atom is -0.437 e. The standard InChI is InChI=1S/C27H20N2O/c1-15-12-24(28-14-17(15)3)22-10-6-9-21-23-13-18-11-16(2)19-7-4-5-8-20(19)25(18)29-27(23)30-26(21)22/h4-14H,1-3H3/i1D3,2D3,3D3. The molecular formula is C27H20N2O. The van der Waals surface area contributed by atoms with Crippen LogP contribution in [0, 0.1) is 20.6 Å². The molecule has 0 aliphatic rings. The summed E-state index contributed by atoms with van der Waals surface area (Å²) in [4.78, 5) is 9.06. The van der Waals surface area contributed by atoms with E-state index in [0.717, 1.165) is 6.20 Å². The molecule has 30 heavy (non-hydrogen) atoms. The molecule has 0 atom stereocenters. The zero-order chi connectivity index (χ0) is 27.9. The topological polar surface area (TPSA) is 38.9 Å². The Hall–Kier alpha value is -3.72. The van der Waals surface area contributed by atoms with Crippen LogP contribution >= 0.6 is 0 Å². The summed E-state index contributed by atoms with van der Waals surface area (Å²) in [6.07, 6.45) is 1.08. The van der Waals surface area contributed by atoms with Crippen LogP contribution in [0.3, 0.4) is 0 Å². The first kappa shape index (κ1) is 10.4. The molecule has 6 rings (SSSR count). The Balaban J connectivity index is 1.64. The average Bonchev–Trinajstić information content (AvgIpc) is 3.22. The van der Waals surface area contributed by atoms with Gasteiger partial charge in [0.05, 0.1) is 11.2 Å². The predicted octanol–water partition coefficient (Wildman–Crippen LogP) is 7.27. The lowest BCUT2D eigenvalue weighted by Crippen LogP contribution is -1.88. The number of aromatic nitrogens is 2. The summed E-state index contributed by atoms with van der Waals surface area (Å²) in [6.45, 7) is -7.62. The third kappa shape index (κ3) is 2.38. The third-order valence-corrected chi connectivity index (χ3v) is 5.47. The van der Waals surface area contributed by atoms with Crippen LogP contribution in [-0.2, 0) is 0 Å². The predicted molar refractivity (Wildman–Crippen MR) is 124 cm³/mol. The fourth-order valence-electron chi connectivity index (χ4n) is 4.03. The van der Waals surface area contributed by atoms with Gasteiger partial charge in [0.1, 0.15) is 5.58 Å². The molecule has 0 saturated heterocycles. The van der Waals surface area contributed by atoms with Gasteiger partial charge >= 0.3 is 0 Å². The van der Waals surface area contributed by atoms with Crippen LogP contribution in [-0.4, -0.2) is 9.97 Å². The van der Waals surface area contributed by atoms with Gasteiger partial charge in [0.15, 0.2) is 0 Å². The highest BCUT2D eigenvalue weighted by Crippen LogP contribution is 2.37. The Bertz CT molecular complexity index is 1930. The fourth-order valence-corrected chi connectivity index (χ4v) is 4.03. The van der Waals surface area contributed by atoms with Crippen molar-refractivity contribution in [2.24, 2.45) is 0 Å². The second-order valence-corrected chi connectivity index (χ2v) is 7.28. The van der Waals surface area contributed by atoms with Gasteiger partial charge in [0.25, 0.3) is 0 Å². The van der Waals surface area contributed by atoms with E-state index in [9.17, 15) is 0 Å². The molecule has 0 bridgehead atoms. The van der Waals surface area contributed by atoms with Crippen molar-refractivity contribution in [3.05, 3.63) is 83.6 Å². The van der Waals surface area contributed by atoms with Crippen LogP contribution < -0.4 is 0 Å². The van der Waals surface area contributed by atoms with E-state index in [4.69, 9.17) is 21.7 Å². The van der Waals surface area contributed by atoms with Crippen LogP contribution in [0.1, 0.15) is 29.0 Å². The second kappa shape index (κ2) is 6.14. The number of rotatable bonds is 1. The molecule has 0 unspecified atom stereocenters. The minimum absolute atomic E-state index is 0.232. The summed E-state index contributed by atoms with van der Waals surface area (Å²) in [5.74, 6) is 0. The van der Waals surface area contributed by atoms with Crippen molar-refractivity contribution in [1.29, 1.82) is 0 Å². The third-order valence-electron chi connectivity index (χ3n) is 5.47. The molecule has 0 amide bonds. The monoisotopic (exact) mass is 397 g/mol. The maximum Gasteiger partial charge on any atom is 0.227 e. The first-order valence-electron chi connectivity index (χ1n) is 13.9. The molecule has 3 nitrogen and oxygen atoms in total. The number of benzene rings is 3. The van der Waals surface area contributed by atoms with Crippen molar-refractivity contribution in [2.45, 2.75) is 20.6 Å². The van der Waals surface area contributed by atoms with Crippen LogP contribution in [0.2, 0.25) is 0 Å². The highest BCUT2D eigenvalue weighted by Gasteiger charge is 2.16. The van der Waals surface area contributed by atoms with E-state index in [1.54, 1.807) is 30.3 Å². The van der Waals surface area contributed by atoms with Gasteiger partial charge in [-0.1, -0.05) is 36.4 Å². The largest absolute Gasteiger partial charge is 0.437 e. The van der Waals surface area contributed by atoms with E-state index >= 15 is 0 Å². The zero-order valence-electron chi connectivity index (χ0n) is 24.7. The molecule has 3 heterocycles. The number of fused-ring (bicyclic) bond motifs is 6. The molecule has 6 aromatic rings. The molecule has 0 aliphatic carbocycles. The lowest BCUT2D eigenvalue weighted by atomic mass is 10.00. The number of para-hydroxylation sites is 1. The summed E-state index contributed by atoms with van der Waals surface area (Å²) in [7, 11) is 0. The Morgan fingerprint density at radius 3 is 2.47 bits per heavy atom. The molecule has 0 radical (unpaired) electrons. The van der Waals surface area contributed by atoms with Crippen molar-refractivity contribution >= 4 is 43.7 Å². The fraction of sp³-hybridized carbons (Fsp3) is 0.111. The van der Waals surface area contributed by atoms with E-state index < -0.39 is 20.6 Å². The lowest BCUT2D eigenvalue weighted by molar-refractivity contribution is 0.657. The Morgan fingerprint density at radius 1 is 0.767 bits per heavy atom.